The lowest BCUT2D eigenvalue weighted by atomic mass is 10.5. The normalized spacial score (nSPS) is 11.5. The first-order valence-corrected chi connectivity index (χ1v) is 14.7. The summed E-state index contributed by atoms with van der Waals surface area (Å²) in [6, 6.07) is 1.60. The largest absolute Gasteiger partial charge is 0.501 e. The highest BCUT2D eigenvalue weighted by atomic mass is 28.4. The Morgan fingerprint density at radius 2 is 0.931 bits per heavy atom. The molecule has 0 aliphatic carbocycles. The monoisotopic (exact) mass is 453 g/mol. The summed E-state index contributed by atoms with van der Waals surface area (Å²) in [5.41, 5.74) is 0. The molecule has 0 aliphatic heterocycles. The van der Waals surface area contributed by atoms with Gasteiger partial charge in [-0.3, -0.25) is 0 Å². The van der Waals surface area contributed by atoms with Gasteiger partial charge in [0.15, 0.2) is 0 Å². The molecule has 0 amide bonds. The van der Waals surface area contributed by atoms with Crippen LogP contribution in [0.15, 0.2) is 0 Å². The van der Waals surface area contributed by atoms with Crippen molar-refractivity contribution in [1.29, 1.82) is 5.26 Å². The molecule has 0 radical (unpaired) electrons. The summed E-state index contributed by atoms with van der Waals surface area (Å²) in [5, 5.41) is 8.25. The zero-order valence-corrected chi connectivity index (χ0v) is 21.6. The molecule has 29 heavy (non-hydrogen) atoms. The highest BCUT2D eigenvalue weighted by Gasteiger charge is 2.40. The SMILES string of the molecule is CCC[Si](OCC)(OCC)OCC.CCO[Si](CCCOC#N)(OCC)OCC. The summed E-state index contributed by atoms with van der Waals surface area (Å²) in [7, 11) is -4.83. The number of hydrogen-bond donors (Lipinski definition) is 0. The quantitative estimate of drug-likeness (QED) is 0.172. The van der Waals surface area contributed by atoms with Crippen molar-refractivity contribution in [1.82, 2.24) is 0 Å². The average molecular weight is 454 g/mol. The van der Waals surface area contributed by atoms with Crippen LogP contribution in [0, 0.1) is 11.5 Å². The molecule has 0 aliphatic rings. The Kier molecular flexibility index (Phi) is 21.9. The molecule has 0 spiro atoms. The number of rotatable bonds is 18. The summed E-state index contributed by atoms with van der Waals surface area (Å²) in [6.45, 7) is 18.0. The Morgan fingerprint density at radius 3 is 1.21 bits per heavy atom. The predicted octanol–water partition coefficient (Wildman–Crippen LogP) is 4.37. The minimum Gasteiger partial charge on any atom is -0.428 e. The van der Waals surface area contributed by atoms with Crippen molar-refractivity contribution < 1.29 is 31.3 Å². The Balaban J connectivity index is 0. The van der Waals surface area contributed by atoms with E-state index < -0.39 is 17.6 Å². The molecule has 10 heteroatoms. The molecule has 0 N–H and O–H groups in total. The van der Waals surface area contributed by atoms with Gasteiger partial charge in [-0.2, -0.15) is 5.26 Å². The summed E-state index contributed by atoms with van der Waals surface area (Å²) < 4.78 is 38.5. The van der Waals surface area contributed by atoms with Gasteiger partial charge in [-0.15, -0.1) is 0 Å². The van der Waals surface area contributed by atoms with Crippen LogP contribution in [0.25, 0.3) is 0 Å². The van der Waals surface area contributed by atoms with E-state index in [9.17, 15) is 0 Å². The summed E-state index contributed by atoms with van der Waals surface area (Å²) in [4.78, 5) is 0. The van der Waals surface area contributed by atoms with Crippen LogP contribution in [0.3, 0.4) is 0 Å². The molecule has 0 aromatic heterocycles. The predicted molar refractivity (Wildman–Crippen MR) is 117 cm³/mol. The van der Waals surface area contributed by atoms with Crippen molar-refractivity contribution in [2.24, 2.45) is 0 Å². The molecule has 0 bridgehead atoms. The third-order valence-electron chi connectivity index (χ3n) is 3.54. The number of nitrogens with zero attached hydrogens (tertiary/aromatic N) is 1. The molecule has 8 nitrogen and oxygen atoms in total. The lowest BCUT2D eigenvalue weighted by molar-refractivity contribution is 0.0689. The first kappa shape index (κ1) is 30.7. The molecule has 174 valence electrons. The second-order valence-corrected chi connectivity index (χ2v) is 11.2. The van der Waals surface area contributed by atoms with E-state index in [1.54, 1.807) is 6.26 Å². The van der Waals surface area contributed by atoms with Crippen molar-refractivity contribution in [3.8, 4) is 6.26 Å². The maximum atomic E-state index is 8.25. The first-order chi connectivity index (χ1) is 14.0. The molecule has 0 aromatic carbocycles. The van der Waals surface area contributed by atoms with E-state index in [1.807, 2.05) is 41.5 Å². The smallest absolute Gasteiger partial charge is 0.428 e. The zero-order chi connectivity index (χ0) is 22.4. The second kappa shape index (κ2) is 20.7. The van der Waals surface area contributed by atoms with Gasteiger partial charge in [-0.1, -0.05) is 13.3 Å². The van der Waals surface area contributed by atoms with Gasteiger partial charge in [0, 0.05) is 51.7 Å². The Hall–Kier alpha value is -0.516. The Labute approximate surface area is 180 Å². The van der Waals surface area contributed by atoms with Crippen LogP contribution in [0.5, 0.6) is 0 Å². The van der Waals surface area contributed by atoms with E-state index in [0.29, 0.717) is 58.7 Å². The van der Waals surface area contributed by atoms with Crippen molar-refractivity contribution in [2.75, 3.05) is 46.2 Å². The summed E-state index contributed by atoms with van der Waals surface area (Å²) in [5.74, 6) is 0. The molecule has 0 atom stereocenters. The molecule has 0 aromatic rings. The van der Waals surface area contributed by atoms with E-state index in [2.05, 4.69) is 11.7 Å². The number of hydrogen-bond acceptors (Lipinski definition) is 8. The molecule has 0 saturated heterocycles. The first-order valence-electron chi connectivity index (χ1n) is 10.8. The van der Waals surface area contributed by atoms with Gasteiger partial charge in [0.1, 0.15) is 6.61 Å². The van der Waals surface area contributed by atoms with Gasteiger partial charge in [0.2, 0.25) is 0 Å². The van der Waals surface area contributed by atoms with Gasteiger partial charge in [-0.25, -0.2) is 0 Å². The highest BCUT2D eigenvalue weighted by Crippen LogP contribution is 2.18. The second-order valence-electron chi connectivity index (χ2n) is 5.76. The average Bonchev–Trinajstić information content (AvgIpc) is 2.67. The molecule has 0 rings (SSSR count). The van der Waals surface area contributed by atoms with Crippen molar-refractivity contribution in [3.05, 3.63) is 0 Å². The Morgan fingerprint density at radius 1 is 0.586 bits per heavy atom. The molecular weight excluding hydrogens is 410 g/mol. The maximum Gasteiger partial charge on any atom is 0.501 e. The van der Waals surface area contributed by atoms with Gasteiger partial charge < -0.3 is 31.3 Å². The summed E-state index contributed by atoms with van der Waals surface area (Å²) >= 11 is 0. The fourth-order valence-electron chi connectivity index (χ4n) is 2.72. The lowest BCUT2D eigenvalue weighted by Gasteiger charge is -2.28. The number of nitriles is 1. The van der Waals surface area contributed by atoms with Gasteiger partial charge in [0.05, 0.1) is 0 Å². The van der Waals surface area contributed by atoms with E-state index >= 15 is 0 Å². The number of ether oxygens (including phenoxy) is 1. The van der Waals surface area contributed by atoms with E-state index in [1.165, 1.54) is 0 Å². The minimum absolute atomic E-state index is 0.387. The summed E-state index contributed by atoms with van der Waals surface area (Å²) in [6.07, 6.45) is 3.40. The molecule has 0 heterocycles. The third-order valence-corrected chi connectivity index (χ3v) is 9.98. The standard InChI is InChI=1S/C10H21NO4Si.C9H22O3Si/c1-4-13-16(14-5-2,15-6-3)9-7-8-12-10-11;1-5-9-13(10-6-2,11-7-3)12-8-4/h4-9H2,1-3H3;5-9H2,1-4H3. The van der Waals surface area contributed by atoms with Gasteiger partial charge in [-0.05, 0) is 48.0 Å². The fraction of sp³-hybridized carbons (Fsp3) is 0.947. The van der Waals surface area contributed by atoms with Crippen LogP contribution in [-0.2, 0) is 31.3 Å². The van der Waals surface area contributed by atoms with Gasteiger partial charge >= 0.3 is 17.6 Å². The molecular formula is C19H43NO7Si2. The fourth-order valence-corrected chi connectivity index (χ4v) is 7.91. The van der Waals surface area contributed by atoms with Crippen molar-refractivity contribution >= 4 is 17.6 Å². The van der Waals surface area contributed by atoms with Crippen LogP contribution in [0.1, 0.15) is 61.3 Å². The van der Waals surface area contributed by atoms with Crippen LogP contribution < -0.4 is 0 Å². The van der Waals surface area contributed by atoms with Crippen LogP contribution in [0.2, 0.25) is 12.1 Å². The zero-order valence-electron chi connectivity index (χ0n) is 19.6. The minimum atomic E-state index is -2.53. The Bertz CT molecular complexity index is 351. The molecule has 0 fully saturated rings. The lowest BCUT2D eigenvalue weighted by Crippen LogP contribution is -2.46. The van der Waals surface area contributed by atoms with E-state index in [-0.39, 0.29) is 0 Å². The highest BCUT2D eigenvalue weighted by molar-refractivity contribution is 6.61. The van der Waals surface area contributed by atoms with Crippen molar-refractivity contribution in [3.63, 3.8) is 0 Å². The van der Waals surface area contributed by atoms with Gasteiger partial charge in [0.25, 0.3) is 6.26 Å². The van der Waals surface area contributed by atoms with Crippen LogP contribution in [0.4, 0.5) is 0 Å². The van der Waals surface area contributed by atoms with Crippen molar-refractivity contribution in [2.45, 2.75) is 73.4 Å². The van der Waals surface area contributed by atoms with E-state index in [0.717, 1.165) is 12.5 Å². The van der Waals surface area contributed by atoms with E-state index in [4.69, 9.17) is 31.8 Å². The maximum absolute atomic E-state index is 8.25. The topological polar surface area (TPSA) is 88.4 Å². The van der Waals surface area contributed by atoms with Crippen LogP contribution >= 0.6 is 0 Å². The molecule has 0 saturated carbocycles. The molecule has 0 unspecified atom stereocenters. The van der Waals surface area contributed by atoms with Crippen LogP contribution in [-0.4, -0.2) is 63.9 Å². The third kappa shape index (κ3) is 15.0.